The highest BCUT2D eigenvalue weighted by atomic mass is 35.5. The minimum atomic E-state index is 0.450. The molecule has 0 amide bonds. The van der Waals surface area contributed by atoms with E-state index in [0.29, 0.717) is 5.54 Å². The van der Waals surface area contributed by atoms with Crippen LogP contribution in [0.5, 0.6) is 0 Å². The molecule has 1 N–H and O–H groups in total. The Labute approximate surface area is 95.8 Å². The largest absolute Gasteiger partial charge is 0.305 e. The highest BCUT2D eigenvalue weighted by molar-refractivity contribution is 6.30. The standard InChI is InChI=1S/C13H16ClN/c14-11-6-4-10(5-7-11)9-13-8-2-1-3-12(13)15-13/h4-7,12,15H,1-3,8-9H2. The van der Waals surface area contributed by atoms with Crippen LogP contribution in [-0.2, 0) is 6.42 Å². The van der Waals surface area contributed by atoms with Crippen molar-refractivity contribution in [2.24, 2.45) is 0 Å². The molecule has 1 aliphatic carbocycles. The second-order valence-corrected chi connectivity index (χ2v) is 5.34. The van der Waals surface area contributed by atoms with Gasteiger partial charge in [0.2, 0.25) is 0 Å². The van der Waals surface area contributed by atoms with E-state index in [1.54, 1.807) is 0 Å². The molecule has 2 aliphatic rings. The maximum atomic E-state index is 5.88. The van der Waals surface area contributed by atoms with Gasteiger partial charge in [-0.15, -0.1) is 0 Å². The van der Waals surface area contributed by atoms with Crippen molar-refractivity contribution in [3.63, 3.8) is 0 Å². The monoisotopic (exact) mass is 221 g/mol. The van der Waals surface area contributed by atoms with Crippen molar-refractivity contribution in [3.8, 4) is 0 Å². The van der Waals surface area contributed by atoms with Crippen LogP contribution in [0.1, 0.15) is 31.2 Å². The summed E-state index contributed by atoms with van der Waals surface area (Å²) < 4.78 is 0. The number of rotatable bonds is 2. The van der Waals surface area contributed by atoms with Crippen LogP contribution in [0.2, 0.25) is 5.02 Å². The van der Waals surface area contributed by atoms with Crippen LogP contribution in [0.15, 0.2) is 24.3 Å². The van der Waals surface area contributed by atoms with Gasteiger partial charge in [-0.3, -0.25) is 0 Å². The maximum absolute atomic E-state index is 5.88. The van der Waals surface area contributed by atoms with Crippen LogP contribution >= 0.6 is 11.6 Å². The van der Waals surface area contributed by atoms with Crippen molar-refractivity contribution in [1.29, 1.82) is 0 Å². The van der Waals surface area contributed by atoms with E-state index in [0.717, 1.165) is 11.1 Å². The van der Waals surface area contributed by atoms with E-state index in [-0.39, 0.29) is 0 Å². The highest BCUT2D eigenvalue weighted by Gasteiger charge is 2.53. The van der Waals surface area contributed by atoms with Crippen molar-refractivity contribution in [1.82, 2.24) is 5.32 Å². The first-order valence-corrected chi connectivity index (χ1v) is 6.18. The molecule has 3 rings (SSSR count). The fourth-order valence-electron chi connectivity index (χ4n) is 2.92. The van der Waals surface area contributed by atoms with Crippen LogP contribution in [0.3, 0.4) is 0 Å². The number of hydrogen-bond donors (Lipinski definition) is 1. The summed E-state index contributed by atoms with van der Waals surface area (Å²) in [6, 6.07) is 9.09. The Kier molecular flexibility index (Phi) is 2.26. The molecule has 1 saturated heterocycles. The van der Waals surface area contributed by atoms with E-state index < -0.39 is 0 Å². The lowest BCUT2D eigenvalue weighted by atomic mass is 9.84. The van der Waals surface area contributed by atoms with Crippen LogP contribution in [-0.4, -0.2) is 11.6 Å². The zero-order chi connectivity index (χ0) is 10.3. The van der Waals surface area contributed by atoms with Crippen molar-refractivity contribution in [3.05, 3.63) is 34.9 Å². The first-order chi connectivity index (χ1) is 7.28. The van der Waals surface area contributed by atoms with E-state index in [1.165, 1.54) is 37.7 Å². The minimum absolute atomic E-state index is 0.450. The fourth-order valence-corrected chi connectivity index (χ4v) is 3.04. The lowest BCUT2D eigenvalue weighted by Crippen LogP contribution is -2.23. The van der Waals surface area contributed by atoms with Crippen LogP contribution in [0.4, 0.5) is 0 Å². The van der Waals surface area contributed by atoms with E-state index >= 15 is 0 Å². The number of benzene rings is 1. The van der Waals surface area contributed by atoms with E-state index in [9.17, 15) is 0 Å². The quantitative estimate of drug-likeness (QED) is 0.762. The Morgan fingerprint density at radius 2 is 2.07 bits per heavy atom. The molecular formula is C13H16ClN. The third-order valence-corrected chi connectivity index (χ3v) is 4.10. The highest BCUT2D eigenvalue weighted by Crippen LogP contribution is 2.42. The Morgan fingerprint density at radius 3 is 2.80 bits per heavy atom. The second kappa shape index (κ2) is 3.50. The summed E-state index contributed by atoms with van der Waals surface area (Å²) in [5, 5.41) is 4.51. The summed E-state index contributed by atoms with van der Waals surface area (Å²) in [5.41, 5.74) is 1.86. The van der Waals surface area contributed by atoms with Gasteiger partial charge < -0.3 is 5.32 Å². The van der Waals surface area contributed by atoms with E-state index in [4.69, 9.17) is 11.6 Å². The molecule has 1 nitrogen and oxygen atoms in total. The normalized spacial score (nSPS) is 33.5. The number of halogens is 1. The van der Waals surface area contributed by atoms with Crippen molar-refractivity contribution in [2.45, 2.75) is 43.7 Å². The summed E-state index contributed by atoms with van der Waals surface area (Å²) in [6.07, 6.45) is 6.68. The molecule has 80 valence electrons. The SMILES string of the molecule is Clc1ccc(CC23CCCCC2N3)cc1. The lowest BCUT2D eigenvalue weighted by molar-refractivity contribution is 0.450. The third kappa shape index (κ3) is 1.79. The summed E-state index contributed by atoms with van der Waals surface area (Å²) in [6.45, 7) is 0. The zero-order valence-electron chi connectivity index (χ0n) is 8.80. The molecule has 0 radical (unpaired) electrons. The van der Waals surface area contributed by atoms with Crippen LogP contribution < -0.4 is 5.32 Å². The Balaban J connectivity index is 1.73. The van der Waals surface area contributed by atoms with Crippen LogP contribution in [0, 0.1) is 0 Å². The topological polar surface area (TPSA) is 21.9 Å². The Hall–Kier alpha value is -0.530. The Morgan fingerprint density at radius 1 is 1.27 bits per heavy atom. The molecule has 1 saturated carbocycles. The van der Waals surface area contributed by atoms with Gasteiger partial charge in [0.15, 0.2) is 0 Å². The third-order valence-electron chi connectivity index (χ3n) is 3.84. The average Bonchev–Trinajstić information content (AvgIpc) is 2.95. The first-order valence-electron chi connectivity index (χ1n) is 5.81. The second-order valence-electron chi connectivity index (χ2n) is 4.90. The van der Waals surface area contributed by atoms with Gasteiger partial charge in [0.05, 0.1) is 0 Å². The molecule has 0 bridgehead atoms. The van der Waals surface area contributed by atoms with E-state index in [1.807, 2.05) is 12.1 Å². The van der Waals surface area contributed by atoms with Gasteiger partial charge in [0.25, 0.3) is 0 Å². The summed E-state index contributed by atoms with van der Waals surface area (Å²) >= 11 is 5.88. The smallest absolute Gasteiger partial charge is 0.0406 e. The molecule has 2 unspecified atom stereocenters. The average molecular weight is 222 g/mol. The van der Waals surface area contributed by atoms with Crippen LogP contribution in [0.25, 0.3) is 0 Å². The van der Waals surface area contributed by atoms with Crippen molar-refractivity contribution < 1.29 is 0 Å². The molecule has 2 atom stereocenters. The zero-order valence-corrected chi connectivity index (χ0v) is 9.56. The minimum Gasteiger partial charge on any atom is -0.305 e. The molecule has 1 aliphatic heterocycles. The predicted octanol–water partition coefficient (Wildman–Crippen LogP) is 3.17. The van der Waals surface area contributed by atoms with Crippen molar-refractivity contribution in [2.75, 3.05) is 0 Å². The van der Waals surface area contributed by atoms with Gasteiger partial charge in [-0.2, -0.15) is 0 Å². The van der Waals surface area contributed by atoms with E-state index in [2.05, 4.69) is 17.4 Å². The Bertz CT molecular complexity index is 359. The molecule has 2 heteroatoms. The summed E-state index contributed by atoms with van der Waals surface area (Å²) in [5.74, 6) is 0. The summed E-state index contributed by atoms with van der Waals surface area (Å²) in [4.78, 5) is 0. The predicted molar refractivity (Wildman–Crippen MR) is 63.3 cm³/mol. The molecule has 1 aromatic carbocycles. The van der Waals surface area contributed by atoms with Gasteiger partial charge >= 0.3 is 0 Å². The molecule has 0 spiro atoms. The maximum Gasteiger partial charge on any atom is 0.0406 e. The van der Waals surface area contributed by atoms with Gasteiger partial charge in [0.1, 0.15) is 0 Å². The fraction of sp³-hybridized carbons (Fsp3) is 0.538. The van der Waals surface area contributed by atoms with Gasteiger partial charge in [0, 0.05) is 16.6 Å². The number of fused-ring (bicyclic) bond motifs is 1. The number of nitrogens with one attached hydrogen (secondary N) is 1. The molecular weight excluding hydrogens is 206 g/mol. The van der Waals surface area contributed by atoms with Crippen molar-refractivity contribution >= 4 is 11.6 Å². The molecule has 15 heavy (non-hydrogen) atoms. The molecule has 1 aromatic rings. The van der Waals surface area contributed by atoms with Gasteiger partial charge in [-0.1, -0.05) is 36.6 Å². The molecule has 2 fully saturated rings. The first kappa shape index (κ1) is 9.68. The number of hydrogen-bond acceptors (Lipinski definition) is 1. The summed E-state index contributed by atoms with van der Waals surface area (Å²) in [7, 11) is 0. The lowest BCUT2D eigenvalue weighted by Gasteiger charge is -2.19. The van der Waals surface area contributed by atoms with Gasteiger partial charge in [-0.25, -0.2) is 0 Å². The molecule has 1 heterocycles. The van der Waals surface area contributed by atoms with Gasteiger partial charge in [-0.05, 0) is 37.0 Å². The molecule has 0 aromatic heterocycles.